The number of hydrogen-bond acceptors (Lipinski definition) is 4. The van der Waals surface area contributed by atoms with Gasteiger partial charge in [0.25, 0.3) is 0 Å². The number of ketones is 1. The number of benzene rings is 5. The maximum absolute atomic E-state index is 13.8. The molecule has 5 aromatic rings. The Bertz CT molecular complexity index is 1580. The maximum Gasteiger partial charge on any atom is 0.478 e. The van der Waals surface area contributed by atoms with E-state index < -0.39 is 5.97 Å². The van der Waals surface area contributed by atoms with Gasteiger partial charge in [0, 0.05) is 11.8 Å². The first kappa shape index (κ1) is 27.4. The van der Waals surface area contributed by atoms with Crippen molar-refractivity contribution in [1.82, 2.24) is 5.06 Å². The molecule has 4 heteroatoms. The maximum atomic E-state index is 13.8. The fourth-order valence-electron chi connectivity index (χ4n) is 5.85. The number of rotatable bonds is 10. The average molecular weight is 552 g/mol. The molecule has 0 amide bonds. The van der Waals surface area contributed by atoms with Crippen LogP contribution < -0.4 is 0 Å². The number of carbonyl (C=O) groups excluding carboxylic acids is 2. The summed E-state index contributed by atoms with van der Waals surface area (Å²) in [7, 11) is 0. The van der Waals surface area contributed by atoms with Crippen molar-refractivity contribution in [2.75, 3.05) is 0 Å². The molecule has 1 unspecified atom stereocenters. The Morgan fingerprint density at radius 2 is 1.12 bits per heavy atom. The molecule has 42 heavy (non-hydrogen) atoms. The molecule has 4 nitrogen and oxygen atoms in total. The normalized spacial score (nSPS) is 18.3. The standard InChI is InChI=1S/C38H33NO3/c1-27(29-16-8-3-9-17-29)39(26-28-14-6-2-7-15-28)42-38(41)33-24-22-32(23-25-33)37(40)36-34(30-18-10-4-11-19-30)35(36)31-20-12-5-13-21-31/h2-25,27,34-36H,26H2,1H3/q+1/t27-,34-,35+,36?/m1/s1. The van der Waals surface area contributed by atoms with Gasteiger partial charge in [-0.2, -0.15) is 0 Å². The van der Waals surface area contributed by atoms with E-state index in [2.05, 4.69) is 24.3 Å². The van der Waals surface area contributed by atoms with Gasteiger partial charge < -0.3 is 4.84 Å². The fraction of sp³-hybridized carbons (Fsp3) is 0.158. The van der Waals surface area contributed by atoms with Crippen LogP contribution in [0.15, 0.2) is 146 Å². The summed E-state index contributed by atoms with van der Waals surface area (Å²) >= 11 is 0. The summed E-state index contributed by atoms with van der Waals surface area (Å²) in [5.41, 5.74) is 5.45. The van der Waals surface area contributed by atoms with E-state index in [1.165, 1.54) is 11.1 Å². The van der Waals surface area contributed by atoms with E-state index in [1.54, 1.807) is 29.3 Å². The zero-order valence-electron chi connectivity index (χ0n) is 23.5. The van der Waals surface area contributed by atoms with Gasteiger partial charge in [-0.3, -0.25) is 0 Å². The van der Waals surface area contributed by atoms with E-state index in [0.717, 1.165) is 11.1 Å². The minimum absolute atomic E-state index is 0.0982. The van der Waals surface area contributed by atoms with Crippen LogP contribution in [0.1, 0.15) is 67.8 Å². The molecule has 6 rings (SSSR count). The lowest BCUT2D eigenvalue weighted by molar-refractivity contribution is -0.143. The molecule has 1 fully saturated rings. The fourth-order valence-corrected chi connectivity index (χ4v) is 5.85. The van der Waals surface area contributed by atoms with Gasteiger partial charge in [0.05, 0.1) is 23.7 Å². The third kappa shape index (κ3) is 5.95. The summed E-state index contributed by atoms with van der Waals surface area (Å²) in [6, 6.07) is 47.2. The zero-order chi connectivity index (χ0) is 28.9. The predicted molar refractivity (Wildman–Crippen MR) is 165 cm³/mol. The van der Waals surface area contributed by atoms with Crippen molar-refractivity contribution in [3.8, 4) is 0 Å². The highest BCUT2D eigenvalue weighted by atomic mass is 16.7. The Morgan fingerprint density at radius 3 is 1.64 bits per heavy atom. The molecule has 207 valence electrons. The topological polar surface area (TPSA) is 49.4 Å². The molecular weight excluding hydrogens is 518 g/mol. The summed E-state index contributed by atoms with van der Waals surface area (Å²) in [5.74, 6) is -0.223. The first-order valence-corrected chi connectivity index (χ1v) is 14.4. The molecule has 0 heterocycles. The van der Waals surface area contributed by atoms with E-state index >= 15 is 0 Å². The van der Waals surface area contributed by atoms with Gasteiger partial charge in [-0.25, -0.2) is 4.79 Å². The average Bonchev–Trinajstić information content (AvgIpc) is 3.81. The summed E-state index contributed by atoms with van der Waals surface area (Å²) in [6.07, 6.45) is 0. The SMILES string of the molecule is C[C@H](c1ccccc1)N(Cc1ccccc1)OC(=O)c1ccc(C(=[O+])C2[C@@H](c3ccccc3)[C@H]2c2ccccc2)cc1. The van der Waals surface area contributed by atoms with Crippen LogP contribution in [0.5, 0.6) is 0 Å². The molecule has 5 aromatic carbocycles. The van der Waals surface area contributed by atoms with Crippen LogP contribution >= 0.6 is 0 Å². The van der Waals surface area contributed by atoms with Gasteiger partial charge >= 0.3 is 11.8 Å². The van der Waals surface area contributed by atoms with Crippen molar-refractivity contribution in [1.29, 1.82) is 0 Å². The van der Waals surface area contributed by atoms with Crippen molar-refractivity contribution in [2.24, 2.45) is 5.92 Å². The molecule has 0 saturated heterocycles. The van der Waals surface area contributed by atoms with Crippen molar-refractivity contribution in [3.63, 3.8) is 0 Å². The molecule has 1 aliphatic rings. The van der Waals surface area contributed by atoms with E-state index in [4.69, 9.17) is 4.84 Å². The van der Waals surface area contributed by atoms with Gasteiger partial charge in [0.15, 0.2) is 0 Å². The minimum Gasteiger partial charge on any atom is -0.363 e. The molecule has 0 aliphatic heterocycles. The molecule has 4 atom stereocenters. The van der Waals surface area contributed by atoms with E-state index in [1.807, 2.05) is 104 Å². The van der Waals surface area contributed by atoms with Crippen LogP contribution in [-0.4, -0.2) is 16.8 Å². The number of hydrogen-bond donors (Lipinski definition) is 0. The van der Waals surface area contributed by atoms with Crippen molar-refractivity contribution >= 4 is 11.8 Å². The van der Waals surface area contributed by atoms with Gasteiger partial charge in [0.2, 0.25) is 4.79 Å². The van der Waals surface area contributed by atoms with Gasteiger partial charge in [-0.1, -0.05) is 121 Å². The van der Waals surface area contributed by atoms with Gasteiger partial charge in [-0.05, 0) is 53.4 Å². The first-order valence-electron chi connectivity index (χ1n) is 14.4. The lowest BCUT2D eigenvalue weighted by Crippen LogP contribution is -2.30. The van der Waals surface area contributed by atoms with Crippen LogP contribution in [0.2, 0.25) is 0 Å². The Morgan fingerprint density at radius 1 is 0.667 bits per heavy atom. The van der Waals surface area contributed by atoms with Gasteiger partial charge in [0.1, 0.15) is 5.92 Å². The number of Topliss-reactive ketones (excluding diaryl/α,β-unsaturated/α-hetero) is 1. The molecule has 1 saturated carbocycles. The highest BCUT2D eigenvalue weighted by Gasteiger charge is 2.61. The molecule has 0 N–H and O–H groups in total. The largest absolute Gasteiger partial charge is 0.478 e. The number of hydroxylamine groups is 2. The number of nitrogens with zero attached hydrogens (tertiary/aromatic N) is 1. The molecular formula is C38H33NO3+. The molecule has 0 spiro atoms. The summed E-state index contributed by atoms with van der Waals surface area (Å²) in [5, 5.41) is 1.71. The Hall–Kier alpha value is -4.80. The van der Waals surface area contributed by atoms with Crippen LogP contribution in [0.25, 0.3) is 0 Å². The van der Waals surface area contributed by atoms with Crippen LogP contribution in [-0.2, 0) is 11.4 Å². The monoisotopic (exact) mass is 551 g/mol. The minimum atomic E-state index is -0.455. The number of carbonyl (C=O) groups is 2. The van der Waals surface area contributed by atoms with E-state index in [0.29, 0.717) is 17.7 Å². The predicted octanol–water partition coefficient (Wildman–Crippen LogP) is 8.40. The smallest absolute Gasteiger partial charge is 0.363 e. The molecule has 0 aromatic heterocycles. The van der Waals surface area contributed by atoms with Gasteiger partial charge in [-0.15, -0.1) is 5.06 Å². The third-order valence-electron chi connectivity index (χ3n) is 8.19. The van der Waals surface area contributed by atoms with Crippen molar-refractivity contribution in [3.05, 3.63) is 179 Å². The summed E-state index contributed by atoms with van der Waals surface area (Å²) < 4.78 is 0. The quantitative estimate of drug-likeness (QED) is 0.0993. The third-order valence-corrected chi connectivity index (χ3v) is 8.19. The van der Waals surface area contributed by atoms with E-state index in [9.17, 15) is 9.59 Å². The van der Waals surface area contributed by atoms with Crippen LogP contribution in [0.3, 0.4) is 0 Å². The van der Waals surface area contributed by atoms with E-state index in [-0.39, 0.29) is 29.6 Å². The molecule has 1 radical (unpaired) electrons. The molecule has 0 bridgehead atoms. The second-order valence-electron chi connectivity index (χ2n) is 10.9. The molecule has 1 aliphatic carbocycles. The second kappa shape index (κ2) is 12.4. The second-order valence-corrected chi connectivity index (χ2v) is 10.9. The highest BCUT2D eigenvalue weighted by Crippen LogP contribution is 2.61. The Balaban J connectivity index is 1.19. The highest BCUT2D eigenvalue weighted by molar-refractivity contribution is 6.02. The Labute approximate surface area is 247 Å². The van der Waals surface area contributed by atoms with Crippen molar-refractivity contribution < 1.29 is 14.4 Å². The zero-order valence-corrected chi connectivity index (χ0v) is 23.5. The lowest BCUT2D eigenvalue weighted by Gasteiger charge is -2.28. The summed E-state index contributed by atoms with van der Waals surface area (Å²) in [6.45, 7) is 2.47. The Kier molecular flexibility index (Phi) is 8.07. The van der Waals surface area contributed by atoms with Crippen LogP contribution in [0.4, 0.5) is 0 Å². The first-order chi connectivity index (χ1) is 20.6. The van der Waals surface area contributed by atoms with Crippen molar-refractivity contribution in [2.45, 2.75) is 31.3 Å². The summed E-state index contributed by atoms with van der Waals surface area (Å²) in [4.78, 5) is 33.1. The van der Waals surface area contributed by atoms with Crippen LogP contribution in [0, 0.1) is 5.92 Å². The lowest BCUT2D eigenvalue weighted by atomic mass is 10.0.